The zero-order chi connectivity index (χ0) is 17.1. The van der Waals surface area contributed by atoms with Crippen LogP contribution in [-0.4, -0.2) is 44.4 Å². The quantitative estimate of drug-likeness (QED) is 0.611. The molecule has 1 fully saturated rings. The second-order valence-corrected chi connectivity index (χ2v) is 7.07. The molecule has 5 nitrogen and oxygen atoms in total. The van der Waals surface area contributed by atoms with Crippen LogP contribution in [-0.2, 0) is 0 Å². The van der Waals surface area contributed by atoms with E-state index in [1.165, 1.54) is 24.0 Å². The van der Waals surface area contributed by atoms with Crippen molar-refractivity contribution in [1.29, 1.82) is 0 Å². The first-order chi connectivity index (χ1) is 12.3. The number of alkyl halides is 1. The summed E-state index contributed by atoms with van der Waals surface area (Å²) in [4.78, 5) is 3.93. The molecule has 0 aromatic heterocycles. The van der Waals surface area contributed by atoms with Crippen molar-refractivity contribution in [3.05, 3.63) is 47.3 Å². The smallest absolute Gasteiger partial charge is 0.142 e. The fourth-order valence-corrected chi connectivity index (χ4v) is 3.86. The van der Waals surface area contributed by atoms with Crippen LogP contribution in [0.1, 0.15) is 19.3 Å². The molecule has 0 amide bonds. The number of rotatable bonds is 5. The number of nitrogens with zero attached hydrogens (tertiary/aromatic N) is 1. The molecule has 0 aromatic rings. The molecule has 25 heavy (non-hydrogen) atoms. The third-order valence-electron chi connectivity index (χ3n) is 5.33. The average Bonchev–Trinajstić information content (AvgIpc) is 3.05. The number of aliphatic imine (C=N–C) groups is 1. The Morgan fingerprint density at radius 2 is 2.20 bits per heavy atom. The topological polar surface area (TPSA) is 60.5 Å². The summed E-state index contributed by atoms with van der Waals surface area (Å²) < 4.78 is 13.7. The van der Waals surface area contributed by atoms with E-state index >= 15 is 0 Å². The van der Waals surface area contributed by atoms with Crippen LogP contribution < -0.4 is 21.3 Å². The van der Waals surface area contributed by atoms with Crippen molar-refractivity contribution >= 4 is 6.21 Å². The van der Waals surface area contributed by atoms with Crippen LogP contribution in [0, 0.1) is 5.92 Å². The van der Waals surface area contributed by atoms with E-state index in [9.17, 15) is 4.39 Å². The molecule has 4 aliphatic rings. The van der Waals surface area contributed by atoms with E-state index in [0.29, 0.717) is 18.6 Å². The number of allylic oxidation sites excluding steroid dienone is 3. The first kappa shape index (κ1) is 16.5. The van der Waals surface area contributed by atoms with Crippen LogP contribution in [0.3, 0.4) is 0 Å². The molecule has 4 heterocycles. The Kier molecular flexibility index (Phi) is 4.99. The number of fused-ring (bicyclic) bond motifs is 1. The number of hydrogen-bond donors (Lipinski definition) is 4. The Hall–Kier alpha value is -1.92. The standard InChI is InChI=1S/C19H26FN5/c20-17-12-21-7-5-14(17)10-24-18-4-3-13(9-23-18)8-15-11-25-19-16(15)2-1-6-22-19/h3-5,7,9,11,16-19,22-25H,1-2,6,8,10,12H2. The van der Waals surface area contributed by atoms with Crippen LogP contribution in [0.25, 0.3) is 0 Å². The van der Waals surface area contributed by atoms with Gasteiger partial charge in [-0.3, -0.25) is 15.6 Å². The zero-order valence-corrected chi connectivity index (χ0v) is 14.3. The van der Waals surface area contributed by atoms with E-state index in [1.807, 2.05) is 0 Å². The van der Waals surface area contributed by atoms with Crippen LogP contribution in [0.5, 0.6) is 0 Å². The Balaban J connectivity index is 1.26. The van der Waals surface area contributed by atoms with Crippen molar-refractivity contribution in [2.24, 2.45) is 10.9 Å². The summed E-state index contributed by atoms with van der Waals surface area (Å²) in [5.74, 6) is 0.611. The van der Waals surface area contributed by atoms with Gasteiger partial charge in [0.25, 0.3) is 0 Å². The van der Waals surface area contributed by atoms with E-state index in [2.05, 4.69) is 50.8 Å². The number of hydrogen-bond acceptors (Lipinski definition) is 5. The summed E-state index contributed by atoms with van der Waals surface area (Å²) in [6, 6.07) is 0. The molecule has 0 saturated carbocycles. The summed E-state index contributed by atoms with van der Waals surface area (Å²) >= 11 is 0. The number of halogens is 1. The van der Waals surface area contributed by atoms with Gasteiger partial charge in [-0.1, -0.05) is 6.08 Å². The third-order valence-corrected chi connectivity index (χ3v) is 5.33. The highest BCUT2D eigenvalue weighted by Crippen LogP contribution is 2.32. The molecule has 4 rings (SSSR count). The van der Waals surface area contributed by atoms with Gasteiger partial charge >= 0.3 is 0 Å². The predicted molar refractivity (Wildman–Crippen MR) is 98.8 cm³/mol. The van der Waals surface area contributed by atoms with Gasteiger partial charge in [0.15, 0.2) is 0 Å². The highest BCUT2D eigenvalue weighted by molar-refractivity contribution is 5.73. The lowest BCUT2D eigenvalue weighted by Gasteiger charge is -2.29. The van der Waals surface area contributed by atoms with Crippen LogP contribution in [0.4, 0.5) is 4.39 Å². The summed E-state index contributed by atoms with van der Waals surface area (Å²) in [6.45, 7) is 1.88. The largest absolute Gasteiger partial charge is 0.375 e. The van der Waals surface area contributed by atoms with Crippen molar-refractivity contribution in [2.75, 3.05) is 19.6 Å². The summed E-state index contributed by atoms with van der Waals surface area (Å²) in [5.41, 5.74) is 3.52. The minimum atomic E-state index is -0.963. The minimum Gasteiger partial charge on any atom is -0.375 e. The maximum atomic E-state index is 13.7. The molecule has 4 unspecified atom stereocenters. The fourth-order valence-electron chi connectivity index (χ4n) is 3.86. The number of piperidine rings is 1. The highest BCUT2D eigenvalue weighted by atomic mass is 19.1. The average molecular weight is 343 g/mol. The fraction of sp³-hybridized carbons (Fsp3) is 0.526. The minimum absolute atomic E-state index is 0.0375. The summed E-state index contributed by atoms with van der Waals surface area (Å²) in [6.07, 6.45) is 15.0. The lowest BCUT2D eigenvalue weighted by atomic mass is 9.87. The molecular weight excluding hydrogens is 317 g/mol. The lowest BCUT2D eigenvalue weighted by Crippen LogP contribution is -2.46. The van der Waals surface area contributed by atoms with Gasteiger partial charge in [-0.15, -0.1) is 0 Å². The predicted octanol–water partition coefficient (Wildman–Crippen LogP) is 1.50. The first-order valence-corrected chi connectivity index (χ1v) is 9.17. The lowest BCUT2D eigenvalue weighted by molar-refractivity contribution is 0.313. The first-order valence-electron chi connectivity index (χ1n) is 9.17. The van der Waals surface area contributed by atoms with Crippen molar-refractivity contribution in [2.45, 2.75) is 37.8 Å². The van der Waals surface area contributed by atoms with Gasteiger partial charge in [0, 0.05) is 24.9 Å². The van der Waals surface area contributed by atoms with Gasteiger partial charge in [0.2, 0.25) is 0 Å². The number of dihydropyridines is 2. The molecule has 1 saturated heterocycles. The van der Waals surface area contributed by atoms with Crippen molar-refractivity contribution in [1.82, 2.24) is 21.3 Å². The van der Waals surface area contributed by atoms with E-state index in [0.717, 1.165) is 18.5 Å². The maximum absolute atomic E-state index is 13.7. The van der Waals surface area contributed by atoms with E-state index in [-0.39, 0.29) is 12.7 Å². The molecule has 0 spiro atoms. The Morgan fingerprint density at radius 3 is 3.04 bits per heavy atom. The molecule has 0 radical (unpaired) electrons. The van der Waals surface area contributed by atoms with Gasteiger partial charge in [0.1, 0.15) is 6.17 Å². The van der Waals surface area contributed by atoms with Gasteiger partial charge in [0.05, 0.1) is 18.9 Å². The maximum Gasteiger partial charge on any atom is 0.142 e. The second kappa shape index (κ2) is 7.54. The third kappa shape index (κ3) is 3.85. The van der Waals surface area contributed by atoms with Crippen molar-refractivity contribution in [3.8, 4) is 0 Å². The van der Waals surface area contributed by atoms with E-state index in [1.54, 1.807) is 12.3 Å². The van der Waals surface area contributed by atoms with E-state index in [4.69, 9.17) is 0 Å². The SMILES string of the molecule is FC1CN=CC=C1CNC1C=CC(CC2=CNC3NCCCC23)=CN1. The van der Waals surface area contributed by atoms with Crippen molar-refractivity contribution in [3.63, 3.8) is 0 Å². The van der Waals surface area contributed by atoms with E-state index < -0.39 is 6.17 Å². The van der Waals surface area contributed by atoms with Gasteiger partial charge < -0.3 is 10.6 Å². The molecule has 0 bridgehead atoms. The second-order valence-electron chi connectivity index (χ2n) is 7.07. The molecular formula is C19H26FN5. The van der Waals surface area contributed by atoms with Crippen LogP contribution in [0.2, 0.25) is 0 Å². The van der Waals surface area contributed by atoms with Gasteiger partial charge in [-0.25, -0.2) is 4.39 Å². The zero-order valence-electron chi connectivity index (χ0n) is 14.3. The van der Waals surface area contributed by atoms with Crippen LogP contribution in [0.15, 0.2) is 52.3 Å². The van der Waals surface area contributed by atoms with Crippen molar-refractivity contribution < 1.29 is 4.39 Å². The molecule has 4 aliphatic heterocycles. The van der Waals surface area contributed by atoms with Crippen LogP contribution >= 0.6 is 0 Å². The highest BCUT2D eigenvalue weighted by Gasteiger charge is 2.31. The number of nitrogens with one attached hydrogen (secondary N) is 4. The summed E-state index contributed by atoms with van der Waals surface area (Å²) in [5, 5.41) is 13.7. The Morgan fingerprint density at radius 1 is 1.24 bits per heavy atom. The monoisotopic (exact) mass is 343 g/mol. The Bertz CT molecular complexity index is 648. The molecule has 134 valence electrons. The Labute approximate surface area is 148 Å². The van der Waals surface area contributed by atoms with Gasteiger partial charge in [-0.2, -0.15) is 0 Å². The van der Waals surface area contributed by atoms with Gasteiger partial charge in [-0.05, 0) is 60.9 Å². The molecule has 4 atom stereocenters. The summed E-state index contributed by atoms with van der Waals surface area (Å²) in [7, 11) is 0. The normalized spacial score (nSPS) is 33.7. The molecule has 4 N–H and O–H groups in total. The molecule has 0 aliphatic carbocycles. The molecule has 6 heteroatoms. The molecule has 0 aromatic carbocycles.